The predicted molar refractivity (Wildman–Crippen MR) is 74.6 cm³/mol. The van der Waals surface area contributed by atoms with Gasteiger partial charge in [0.1, 0.15) is 5.75 Å². The number of methoxy groups -OCH3 is 1. The molecule has 0 amide bonds. The van der Waals surface area contributed by atoms with Crippen molar-refractivity contribution >= 4 is 10.0 Å². The van der Waals surface area contributed by atoms with Crippen LogP contribution in [0.5, 0.6) is 5.75 Å². The van der Waals surface area contributed by atoms with Crippen molar-refractivity contribution in [1.29, 1.82) is 0 Å². The Morgan fingerprint density at radius 2 is 2.11 bits per heavy atom. The second kappa shape index (κ2) is 6.36. The number of sulfonamides is 1. The van der Waals surface area contributed by atoms with Gasteiger partial charge in [-0.25, -0.2) is 13.1 Å². The van der Waals surface area contributed by atoms with Crippen LogP contribution < -0.4 is 14.8 Å². The van der Waals surface area contributed by atoms with Crippen LogP contribution in [-0.2, 0) is 16.6 Å². The van der Waals surface area contributed by atoms with Gasteiger partial charge in [0.05, 0.1) is 12.9 Å². The van der Waals surface area contributed by atoms with Gasteiger partial charge in [0, 0.05) is 12.6 Å². The summed E-state index contributed by atoms with van der Waals surface area (Å²) in [6, 6.07) is 7.45. The van der Waals surface area contributed by atoms with Gasteiger partial charge in [0.25, 0.3) is 0 Å². The van der Waals surface area contributed by atoms with Crippen LogP contribution in [0.1, 0.15) is 18.4 Å². The highest BCUT2D eigenvalue weighted by atomic mass is 32.2. The second-order valence-corrected chi connectivity index (χ2v) is 6.60. The number of hydrogen-bond acceptors (Lipinski definition) is 4. The molecule has 2 rings (SSSR count). The summed E-state index contributed by atoms with van der Waals surface area (Å²) in [5, 5.41) is 3.19. The zero-order valence-corrected chi connectivity index (χ0v) is 11.9. The van der Waals surface area contributed by atoms with Crippen molar-refractivity contribution < 1.29 is 13.2 Å². The summed E-state index contributed by atoms with van der Waals surface area (Å²) < 4.78 is 31.5. The zero-order chi connectivity index (χ0) is 13.7. The van der Waals surface area contributed by atoms with Crippen LogP contribution in [0.15, 0.2) is 24.3 Å². The molecule has 1 heterocycles. The molecule has 1 aliphatic rings. The van der Waals surface area contributed by atoms with E-state index in [1.165, 1.54) is 0 Å². The molecule has 0 aromatic heterocycles. The van der Waals surface area contributed by atoms with Crippen molar-refractivity contribution in [3.63, 3.8) is 0 Å². The van der Waals surface area contributed by atoms with Crippen LogP contribution in [0.4, 0.5) is 0 Å². The van der Waals surface area contributed by atoms with Crippen LogP contribution in [0.3, 0.4) is 0 Å². The first-order valence-electron chi connectivity index (χ1n) is 6.43. The average Bonchev–Trinajstić information content (AvgIpc) is 2.89. The van der Waals surface area contributed by atoms with Crippen molar-refractivity contribution in [2.24, 2.45) is 0 Å². The van der Waals surface area contributed by atoms with E-state index in [0.29, 0.717) is 6.54 Å². The summed E-state index contributed by atoms with van der Waals surface area (Å²) in [5.41, 5.74) is 0.920. The first-order chi connectivity index (χ1) is 9.09. The standard InChI is InChI=1S/C13H20N2O3S/c1-18-13-6-4-11(5-7-13)9-15-19(16,17)10-12-3-2-8-14-12/h4-7,12,14-15H,2-3,8-10H2,1H3. The maximum atomic E-state index is 11.9. The highest BCUT2D eigenvalue weighted by molar-refractivity contribution is 7.89. The molecule has 1 unspecified atom stereocenters. The maximum absolute atomic E-state index is 11.9. The Kier molecular flexibility index (Phi) is 4.79. The Labute approximate surface area is 114 Å². The molecule has 6 heteroatoms. The summed E-state index contributed by atoms with van der Waals surface area (Å²) >= 11 is 0. The number of ether oxygens (including phenoxy) is 1. The summed E-state index contributed by atoms with van der Waals surface area (Å²) in [4.78, 5) is 0. The average molecular weight is 284 g/mol. The van der Waals surface area contributed by atoms with Crippen molar-refractivity contribution in [1.82, 2.24) is 10.0 Å². The third-order valence-corrected chi connectivity index (χ3v) is 4.66. The maximum Gasteiger partial charge on any atom is 0.213 e. The highest BCUT2D eigenvalue weighted by Gasteiger charge is 2.21. The van der Waals surface area contributed by atoms with E-state index in [1.54, 1.807) is 7.11 Å². The molecule has 2 N–H and O–H groups in total. The van der Waals surface area contributed by atoms with E-state index < -0.39 is 10.0 Å². The zero-order valence-electron chi connectivity index (χ0n) is 11.1. The molecule has 106 valence electrons. The van der Waals surface area contributed by atoms with Crippen LogP contribution in [0.25, 0.3) is 0 Å². The molecule has 0 aliphatic carbocycles. The first-order valence-corrected chi connectivity index (χ1v) is 8.08. The summed E-state index contributed by atoms with van der Waals surface area (Å²) in [6.45, 7) is 1.23. The fourth-order valence-electron chi connectivity index (χ4n) is 2.16. The largest absolute Gasteiger partial charge is 0.497 e. The van der Waals surface area contributed by atoms with Crippen LogP contribution >= 0.6 is 0 Å². The lowest BCUT2D eigenvalue weighted by Crippen LogP contribution is -2.36. The monoisotopic (exact) mass is 284 g/mol. The summed E-state index contributed by atoms with van der Waals surface area (Å²) in [7, 11) is -1.62. The van der Waals surface area contributed by atoms with Gasteiger partial charge in [-0.05, 0) is 37.1 Å². The smallest absolute Gasteiger partial charge is 0.213 e. The minimum Gasteiger partial charge on any atom is -0.497 e. The van der Waals surface area contributed by atoms with Crippen molar-refractivity contribution in [2.75, 3.05) is 19.4 Å². The normalized spacial score (nSPS) is 19.5. The lowest BCUT2D eigenvalue weighted by atomic mass is 10.2. The van der Waals surface area contributed by atoms with E-state index in [2.05, 4.69) is 10.0 Å². The van der Waals surface area contributed by atoms with Gasteiger partial charge < -0.3 is 10.1 Å². The van der Waals surface area contributed by atoms with Gasteiger partial charge in [-0.2, -0.15) is 0 Å². The van der Waals surface area contributed by atoms with Gasteiger partial charge in [-0.3, -0.25) is 0 Å². The third kappa shape index (κ3) is 4.49. The number of hydrogen-bond donors (Lipinski definition) is 2. The molecule has 0 spiro atoms. The van der Waals surface area contributed by atoms with E-state index in [-0.39, 0.29) is 11.8 Å². The molecule has 1 fully saturated rings. The second-order valence-electron chi connectivity index (χ2n) is 4.74. The van der Waals surface area contributed by atoms with Gasteiger partial charge in [0.15, 0.2) is 0 Å². The number of nitrogens with one attached hydrogen (secondary N) is 2. The Morgan fingerprint density at radius 1 is 1.37 bits per heavy atom. The lowest BCUT2D eigenvalue weighted by molar-refractivity contribution is 0.414. The van der Waals surface area contributed by atoms with E-state index in [0.717, 1.165) is 30.7 Å². The Bertz CT molecular complexity index is 493. The Balaban J connectivity index is 1.85. The molecule has 1 atom stereocenters. The van der Waals surface area contributed by atoms with Crippen LogP contribution in [0, 0.1) is 0 Å². The molecule has 1 aliphatic heterocycles. The molecule has 0 saturated carbocycles. The number of rotatable bonds is 6. The molecule has 0 bridgehead atoms. The van der Waals surface area contributed by atoms with Crippen LogP contribution in [-0.4, -0.2) is 33.9 Å². The third-order valence-electron chi connectivity index (χ3n) is 3.24. The van der Waals surface area contributed by atoms with Gasteiger partial charge in [-0.15, -0.1) is 0 Å². The summed E-state index contributed by atoms with van der Waals surface area (Å²) in [6.07, 6.45) is 1.99. The molecule has 19 heavy (non-hydrogen) atoms. The fraction of sp³-hybridized carbons (Fsp3) is 0.538. The van der Waals surface area contributed by atoms with Gasteiger partial charge >= 0.3 is 0 Å². The molecular weight excluding hydrogens is 264 g/mol. The molecular formula is C13H20N2O3S. The molecule has 5 nitrogen and oxygen atoms in total. The minimum atomic E-state index is -3.22. The van der Waals surface area contributed by atoms with Crippen molar-refractivity contribution in [3.8, 4) is 5.75 Å². The van der Waals surface area contributed by atoms with E-state index in [9.17, 15) is 8.42 Å². The molecule has 1 aromatic rings. The van der Waals surface area contributed by atoms with E-state index >= 15 is 0 Å². The quantitative estimate of drug-likeness (QED) is 0.813. The molecule has 1 saturated heterocycles. The van der Waals surface area contributed by atoms with Crippen molar-refractivity contribution in [3.05, 3.63) is 29.8 Å². The predicted octanol–water partition coefficient (Wildman–Crippen LogP) is 0.867. The van der Waals surface area contributed by atoms with E-state index in [1.807, 2.05) is 24.3 Å². The molecule has 0 radical (unpaired) electrons. The lowest BCUT2D eigenvalue weighted by Gasteiger charge is -2.12. The summed E-state index contributed by atoms with van der Waals surface area (Å²) in [5.74, 6) is 0.921. The SMILES string of the molecule is COc1ccc(CNS(=O)(=O)CC2CCCN2)cc1. The van der Waals surface area contributed by atoms with Crippen molar-refractivity contribution in [2.45, 2.75) is 25.4 Å². The van der Waals surface area contributed by atoms with Gasteiger partial charge in [0.2, 0.25) is 10.0 Å². The van der Waals surface area contributed by atoms with Gasteiger partial charge in [-0.1, -0.05) is 12.1 Å². The molecule has 1 aromatic carbocycles. The van der Waals surface area contributed by atoms with E-state index in [4.69, 9.17) is 4.74 Å². The highest BCUT2D eigenvalue weighted by Crippen LogP contribution is 2.12. The number of benzene rings is 1. The topological polar surface area (TPSA) is 67.4 Å². The Hall–Kier alpha value is -1.11. The first kappa shape index (κ1) is 14.3. The fourth-order valence-corrected chi connectivity index (χ4v) is 3.48. The Morgan fingerprint density at radius 3 is 2.68 bits per heavy atom. The minimum absolute atomic E-state index is 0.0911. The van der Waals surface area contributed by atoms with Crippen LogP contribution in [0.2, 0.25) is 0 Å².